The molecular weight excluding hydrogens is 448 g/mol. The molecule has 0 radical (unpaired) electrons. The number of imidazole rings is 1. The van der Waals surface area contributed by atoms with Gasteiger partial charge in [-0.3, -0.25) is 23.8 Å². The third kappa shape index (κ3) is 4.44. The molecule has 0 amide bonds. The Labute approximate surface area is 169 Å². The van der Waals surface area contributed by atoms with Crippen LogP contribution in [0.5, 0.6) is 0 Å². The topological polar surface area (TPSA) is 201 Å². The van der Waals surface area contributed by atoms with Crippen molar-refractivity contribution in [3.8, 4) is 0 Å². The lowest BCUT2D eigenvalue weighted by molar-refractivity contribution is -0.745. The molecular formula is C13H21N5O10P2+2. The van der Waals surface area contributed by atoms with Crippen LogP contribution in [-0.4, -0.2) is 73.5 Å². The lowest BCUT2D eigenvalue weighted by atomic mass is 10.1. The van der Waals surface area contributed by atoms with Crippen molar-refractivity contribution in [2.75, 3.05) is 25.6 Å². The molecule has 6 atom stereocenters. The van der Waals surface area contributed by atoms with Crippen molar-refractivity contribution in [1.29, 1.82) is 0 Å². The molecule has 1 aliphatic heterocycles. The molecule has 1 saturated heterocycles. The summed E-state index contributed by atoms with van der Waals surface area (Å²) in [6, 6.07) is 0. The van der Waals surface area contributed by atoms with Crippen molar-refractivity contribution < 1.29 is 47.3 Å². The number of hydrogen-bond donors (Lipinski definition) is 5. The number of ether oxygens (including phenoxy) is 1. The zero-order valence-electron chi connectivity index (χ0n) is 16.0. The first kappa shape index (κ1) is 22.9. The Bertz CT molecular complexity index is 1070. The quantitative estimate of drug-likeness (QED) is 0.221. The van der Waals surface area contributed by atoms with Gasteiger partial charge in [-0.2, -0.15) is 0 Å². The standard InChI is InChI=1S/C13H19N5O10P2/c1-16(2)13-14-10-7(11(21)15-13)17(3)5-18(10)12-9(20)8(19)6(27-12)4-26-30(24,25)28-29(22)23/h5-6,8-9,12,19-20H,4H2,1-3H3,(H-2,14,15,21,22,23,24,25)/p+2/t6-,8-,9-,12-/m1/s1. The normalized spacial score (nSPS) is 26.7. The minimum Gasteiger partial charge on any atom is -0.387 e. The number of anilines is 1. The highest BCUT2D eigenvalue weighted by molar-refractivity contribution is 7.55. The van der Waals surface area contributed by atoms with Gasteiger partial charge in [0.15, 0.2) is 6.33 Å². The van der Waals surface area contributed by atoms with E-state index in [4.69, 9.17) is 9.63 Å². The molecule has 1 aliphatic rings. The lowest BCUT2D eigenvalue weighted by Crippen LogP contribution is -2.46. The van der Waals surface area contributed by atoms with Gasteiger partial charge in [0, 0.05) is 18.7 Å². The summed E-state index contributed by atoms with van der Waals surface area (Å²) in [6.07, 6.45) is -4.12. The Morgan fingerprint density at radius 1 is 1.43 bits per heavy atom. The molecule has 2 unspecified atom stereocenters. The van der Waals surface area contributed by atoms with Crippen LogP contribution in [0.15, 0.2) is 11.1 Å². The van der Waals surface area contributed by atoms with Gasteiger partial charge in [0.1, 0.15) is 18.3 Å². The van der Waals surface area contributed by atoms with E-state index >= 15 is 0 Å². The minimum absolute atomic E-state index is 0.163. The number of phosphoric ester groups is 1. The maximum absolute atomic E-state index is 12.4. The number of phosphoric acid groups is 1. The van der Waals surface area contributed by atoms with Gasteiger partial charge in [0.05, 0.1) is 13.7 Å². The van der Waals surface area contributed by atoms with E-state index in [1.54, 1.807) is 26.0 Å². The number of nitrogens with zero attached hydrogens (tertiary/aromatic N) is 4. The van der Waals surface area contributed by atoms with Crippen molar-refractivity contribution in [3.63, 3.8) is 0 Å². The van der Waals surface area contributed by atoms with Gasteiger partial charge in [-0.15, -0.1) is 4.89 Å². The van der Waals surface area contributed by atoms with Crippen LogP contribution in [0.1, 0.15) is 6.23 Å². The highest BCUT2D eigenvalue weighted by atomic mass is 31.2. The smallest absolute Gasteiger partial charge is 0.387 e. The van der Waals surface area contributed by atoms with E-state index in [9.17, 15) is 29.0 Å². The van der Waals surface area contributed by atoms with Crippen molar-refractivity contribution in [3.05, 3.63) is 16.7 Å². The van der Waals surface area contributed by atoms with E-state index in [1.165, 1.54) is 15.5 Å². The monoisotopic (exact) mass is 469 g/mol. The molecule has 15 nitrogen and oxygen atoms in total. The summed E-state index contributed by atoms with van der Waals surface area (Å²) >= 11 is 0. The van der Waals surface area contributed by atoms with E-state index in [2.05, 4.69) is 18.8 Å². The molecule has 3 rings (SSSR count). The van der Waals surface area contributed by atoms with Crippen LogP contribution in [-0.2, 0) is 29.7 Å². The highest BCUT2D eigenvalue weighted by Crippen LogP contribution is 2.51. The zero-order valence-corrected chi connectivity index (χ0v) is 17.8. The predicted molar refractivity (Wildman–Crippen MR) is 98.5 cm³/mol. The van der Waals surface area contributed by atoms with Crippen LogP contribution < -0.4 is 15.0 Å². The third-order valence-electron chi connectivity index (χ3n) is 4.37. The minimum atomic E-state index is -4.88. The summed E-state index contributed by atoms with van der Waals surface area (Å²) in [5.74, 6) is 0.247. The van der Waals surface area contributed by atoms with Gasteiger partial charge in [-0.25, -0.2) is 9.13 Å². The molecule has 17 heteroatoms. The Morgan fingerprint density at radius 3 is 2.70 bits per heavy atom. The average molecular weight is 469 g/mol. The fourth-order valence-corrected chi connectivity index (χ4v) is 4.24. The number of H-pyrrole nitrogens is 1. The number of aromatic amines is 1. The largest absolute Gasteiger partial charge is 0.705 e. The maximum Gasteiger partial charge on any atom is 0.705 e. The number of fused-ring (bicyclic) bond motifs is 1. The molecule has 2 aromatic heterocycles. The Hall–Kier alpha value is -1.80. The molecule has 30 heavy (non-hydrogen) atoms. The van der Waals surface area contributed by atoms with E-state index < -0.39 is 52.8 Å². The maximum atomic E-state index is 12.4. The first-order valence-electron chi connectivity index (χ1n) is 8.44. The predicted octanol–water partition coefficient (Wildman–Crippen LogP) is -1.98. The second-order valence-corrected chi connectivity index (χ2v) is 9.04. The van der Waals surface area contributed by atoms with Crippen molar-refractivity contribution >= 4 is 33.2 Å². The van der Waals surface area contributed by atoms with Crippen molar-refractivity contribution in [2.45, 2.75) is 24.5 Å². The summed E-state index contributed by atoms with van der Waals surface area (Å²) in [4.78, 5) is 38.9. The van der Waals surface area contributed by atoms with E-state index in [0.717, 1.165) is 0 Å². The second-order valence-electron chi connectivity index (χ2n) is 6.72. The molecule has 0 aliphatic carbocycles. The number of aliphatic hydroxyl groups is 2. The van der Waals surface area contributed by atoms with Gasteiger partial charge in [-0.05, 0) is 4.31 Å². The van der Waals surface area contributed by atoms with Gasteiger partial charge >= 0.3 is 21.7 Å². The number of rotatable bonds is 7. The van der Waals surface area contributed by atoms with E-state index in [-0.39, 0.29) is 17.1 Å². The average Bonchev–Trinajstić information content (AvgIpc) is 3.10. The lowest BCUT2D eigenvalue weighted by Gasteiger charge is -2.14. The number of nitrogens with one attached hydrogen (secondary N) is 1. The third-order valence-corrected chi connectivity index (χ3v) is 6.23. The Kier molecular flexibility index (Phi) is 6.39. The Balaban J connectivity index is 1.90. The SMILES string of the molecule is CN(C)c1nc2c(c(=O)[nH]1)n(C)c[n+]2[C@@H]1O[C@H](COP(=O)(O)O[P+](=O)O)[C@@H](O)[C@H]1O. The van der Waals surface area contributed by atoms with Gasteiger partial charge in [-0.1, -0.05) is 4.98 Å². The molecule has 5 N–H and O–H groups in total. The molecule has 3 heterocycles. The van der Waals surface area contributed by atoms with Crippen LogP contribution >= 0.6 is 16.1 Å². The Morgan fingerprint density at radius 2 is 2.10 bits per heavy atom. The first-order chi connectivity index (χ1) is 13.9. The van der Waals surface area contributed by atoms with Crippen molar-refractivity contribution in [2.24, 2.45) is 7.05 Å². The second kappa shape index (κ2) is 8.38. The molecule has 166 valence electrons. The number of aliphatic hydroxyl groups excluding tert-OH is 2. The summed E-state index contributed by atoms with van der Waals surface area (Å²) < 4.78 is 38.9. The number of hydrogen-bond acceptors (Lipinski definition) is 10. The highest BCUT2D eigenvalue weighted by Gasteiger charge is 2.48. The summed E-state index contributed by atoms with van der Waals surface area (Å²) in [6.45, 7) is -0.728. The van der Waals surface area contributed by atoms with Crippen LogP contribution in [0.2, 0.25) is 0 Å². The van der Waals surface area contributed by atoms with Gasteiger partial charge in [0.25, 0.3) is 11.5 Å². The summed E-state index contributed by atoms with van der Waals surface area (Å²) in [7, 11) is -3.35. The van der Waals surface area contributed by atoms with Gasteiger partial charge in [0.2, 0.25) is 11.7 Å². The van der Waals surface area contributed by atoms with Gasteiger partial charge < -0.3 is 19.8 Å². The summed E-state index contributed by atoms with van der Waals surface area (Å²) in [5.41, 5.74) is -0.0869. The van der Waals surface area contributed by atoms with Crippen LogP contribution in [0, 0.1) is 0 Å². The molecule has 0 aromatic carbocycles. The van der Waals surface area contributed by atoms with E-state index in [1.807, 2.05) is 0 Å². The number of aromatic nitrogens is 4. The molecule has 2 aromatic rings. The van der Waals surface area contributed by atoms with E-state index in [0.29, 0.717) is 0 Å². The zero-order chi connectivity index (χ0) is 22.4. The molecule has 0 saturated carbocycles. The van der Waals surface area contributed by atoms with Crippen LogP contribution in [0.4, 0.5) is 5.95 Å². The number of aryl methyl sites for hydroxylation is 1. The molecule has 0 bridgehead atoms. The molecule has 0 spiro atoms. The first-order valence-corrected chi connectivity index (χ1v) is 11.1. The fourth-order valence-electron chi connectivity index (χ4n) is 3.01. The van der Waals surface area contributed by atoms with Crippen LogP contribution in [0.3, 0.4) is 0 Å². The fraction of sp³-hybridized carbons (Fsp3) is 0.615. The molecule has 1 fully saturated rings. The van der Waals surface area contributed by atoms with Crippen molar-refractivity contribution in [1.82, 2.24) is 14.5 Å². The van der Waals surface area contributed by atoms with Crippen LogP contribution in [0.25, 0.3) is 11.2 Å². The summed E-state index contributed by atoms with van der Waals surface area (Å²) in [5, 5.41) is 20.7.